The number of halogens is 1. The van der Waals surface area contributed by atoms with Gasteiger partial charge in [-0.2, -0.15) is 0 Å². The summed E-state index contributed by atoms with van der Waals surface area (Å²) in [5.74, 6) is 0.868. The Bertz CT molecular complexity index is 1070. The Morgan fingerprint density at radius 3 is 2.59 bits per heavy atom. The maximum absolute atomic E-state index is 13.0. The van der Waals surface area contributed by atoms with Crippen molar-refractivity contribution in [2.24, 2.45) is 5.92 Å². The van der Waals surface area contributed by atoms with Gasteiger partial charge in [-0.05, 0) is 30.9 Å². The Morgan fingerprint density at radius 2 is 1.90 bits per heavy atom. The van der Waals surface area contributed by atoms with Crippen LogP contribution in [0.2, 0.25) is 0 Å². The van der Waals surface area contributed by atoms with Gasteiger partial charge in [0.1, 0.15) is 6.54 Å². The van der Waals surface area contributed by atoms with Crippen molar-refractivity contribution in [3.8, 4) is 11.4 Å². The van der Waals surface area contributed by atoms with Crippen LogP contribution in [0, 0.1) is 12.8 Å². The van der Waals surface area contributed by atoms with Crippen LogP contribution >= 0.6 is 15.9 Å². The first-order chi connectivity index (χ1) is 13.8. The lowest BCUT2D eigenvalue weighted by Crippen LogP contribution is -2.29. The van der Waals surface area contributed by atoms with Gasteiger partial charge in [0.15, 0.2) is 11.6 Å². The number of carbonyl (C=O) groups excluding carboxylic acids is 1. The molecule has 0 atom stereocenters. The van der Waals surface area contributed by atoms with Gasteiger partial charge in [-0.1, -0.05) is 77.8 Å². The van der Waals surface area contributed by atoms with Crippen molar-refractivity contribution < 1.29 is 4.79 Å². The first-order valence-electron chi connectivity index (χ1n) is 9.85. The highest BCUT2D eigenvalue weighted by Crippen LogP contribution is 2.26. The van der Waals surface area contributed by atoms with Crippen molar-refractivity contribution in [2.75, 3.05) is 0 Å². The predicted molar refractivity (Wildman–Crippen MR) is 119 cm³/mol. The molecule has 2 aromatic carbocycles. The number of aromatic nitrogens is 3. The van der Waals surface area contributed by atoms with E-state index in [9.17, 15) is 9.59 Å². The molecule has 0 saturated heterocycles. The fourth-order valence-corrected chi connectivity index (χ4v) is 3.78. The Morgan fingerprint density at radius 1 is 1.14 bits per heavy atom. The minimum atomic E-state index is -0.242. The van der Waals surface area contributed by atoms with E-state index in [2.05, 4.69) is 40.9 Å². The van der Waals surface area contributed by atoms with Crippen LogP contribution in [0.4, 0.5) is 0 Å². The van der Waals surface area contributed by atoms with Crippen molar-refractivity contribution >= 4 is 21.7 Å². The summed E-state index contributed by atoms with van der Waals surface area (Å²) < 4.78 is 3.84. The third kappa shape index (κ3) is 5.32. The molecule has 0 unspecified atom stereocenters. The Kier molecular flexibility index (Phi) is 6.85. The van der Waals surface area contributed by atoms with E-state index in [1.54, 1.807) is 4.57 Å². The van der Waals surface area contributed by atoms with Crippen LogP contribution in [-0.4, -0.2) is 20.1 Å². The van der Waals surface area contributed by atoms with Gasteiger partial charge in [0.05, 0.1) is 0 Å². The van der Waals surface area contributed by atoms with Gasteiger partial charge in [-0.3, -0.25) is 9.36 Å². The predicted octanol–water partition coefficient (Wildman–Crippen LogP) is 4.64. The normalized spacial score (nSPS) is 11.2. The third-order valence-electron chi connectivity index (χ3n) is 4.69. The number of aryl methyl sites for hydroxylation is 2. The number of nitrogens with zero attached hydrogens (tertiary/aromatic N) is 3. The van der Waals surface area contributed by atoms with Gasteiger partial charge in [-0.25, -0.2) is 9.48 Å². The molecule has 0 saturated carbocycles. The topological polar surface area (TPSA) is 56.9 Å². The van der Waals surface area contributed by atoms with E-state index in [0.29, 0.717) is 25.2 Å². The number of hydrogen-bond donors (Lipinski definition) is 0. The second-order valence-corrected chi connectivity index (χ2v) is 8.63. The molecule has 0 aliphatic carbocycles. The third-order valence-corrected chi connectivity index (χ3v) is 5.38. The molecule has 0 N–H and O–H groups in total. The van der Waals surface area contributed by atoms with Gasteiger partial charge < -0.3 is 0 Å². The van der Waals surface area contributed by atoms with Crippen molar-refractivity contribution in [3.05, 3.63) is 74.6 Å². The monoisotopic (exact) mass is 455 g/mol. The highest BCUT2D eigenvalue weighted by molar-refractivity contribution is 9.10. The Hall–Kier alpha value is -2.47. The van der Waals surface area contributed by atoms with Crippen molar-refractivity contribution in [3.63, 3.8) is 0 Å². The molecule has 6 heteroatoms. The molecule has 0 aliphatic heterocycles. The van der Waals surface area contributed by atoms with Gasteiger partial charge in [0, 0.05) is 23.0 Å². The van der Waals surface area contributed by atoms with Gasteiger partial charge in [-0.15, -0.1) is 5.10 Å². The van der Waals surface area contributed by atoms with Crippen LogP contribution in [0.1, 0.15) is 31.4 Å². The molecule has 152 valence electrons. The lowest BCUT2D eigenvalue weighted by atomic mass is 10.1. The minimum Gasteiger partial charge on any atom is -0.298 e. The van der Waals surface area contributed by atoms with Crippen LogP contribution in [0.5, 0.6) is 0 Å². The van der Waals surface area contributed by atoms with E-state index in [4.69, 9.17) is 0 Å². The molecule has 0 radical (unpaired) electrons. The highest BCUT2D eigenvalue weighted by atomic mass is 79.9. The van der Waals surface area contributed by atoms with E-state index < -0.39 is 0 Å². The summed E-state index contributed by atoms with van der Waals surface area (Å²) in [6.45, 7) is 6.69. The molecule has 1 heterocycles. The summed E-state index contributed by atoms with van der Waals surface area (Å²) in [6, 6.07) is 15.8. The van der Waals surface area contributed by atoms with E-state index in [-0.39, 0.29) is 23.9 Å². The van der Waals surface area contributed by atoms with Gasteiger partial charge >= 0.3 is 5.69 Å². The quantitative estimate of drug-likeness (QED) is 0.496. The fraction of sp³-hybridized carbons (Fsp3) is 0.348. The Labute approximate surface area is 179 Å². The summed E-state index contributed by atoms with van der Waals surface area (Å²) in [4.78, 5) is 25.5. The lowest BCUT2D eigenvalue weighted by molar-refractivity contribution is -0.119. The molecule has 29 heavy (non-hydrogen) atoms. The van der Waals surface area contributed by atoms with Crippen LogP contribution in [0.3, 0.4) is 0 Å². The Balaban J connectivity index is 1.83. The largest absolute Gasteiger partial charge is 0.346 e. The van der Waals surface area contributed by atoms with Crippen LogP contribution in [-0.2, 0) is 24.3 Å². The van der Waals surface area contributed by atoms with E-state index >= 15 is 0 Å². The SMILES string of the molecule is Cc1cccc(CCC(=O)Cn2nc(-c3ccccc3Br)n(CC(C)C)c2=O)c1. The number of rotatable bonds is 8. The average Bonchev–Trinajstić information content (AvgIpc) is 2.96. The second-order valence-electron chi connectivity index (χ2n) is 7.78. The van der Waals surface area contributed by atoms with E-state index in [1.807, 2.05) is 49.4 Å². The van der Waals surface area contributed by atoms with Crippen LogP contribution in [0.15, 0.2) is 57.8 Å². The highest BCUT2D eigenvalue weighted by Gasteiger charge is 2.19. The molecule has 0 amide bonds. The zero-order valence-corrected chi connectivity index (χ0v) is 18.6. The first kappa shape index (κ1) is 21.2. The second kappa shape index (κ2) is 9.35. The smallest absolute Gasteiger partial charge is 0.298 e. The first-order valence-corrected chi connectivity index (χ1v) is 10.6. The molecule has 0 aliphatic rings. The number of carbonyl (C=O) groups is 1. The zero-order valence-electron chi connectivity index (χ0n) is 17.1. The maximum atomic E-state index is 13.0. The van der Waals surface area contributed by atoms with Crippen LogP contribution in [0.25, 0.3) is 11.4 Å². The number of hydrogen-bond acceptors (Lipinski definition) is 3. The number of ketones is 1. The molecular formula is C23H26BrN3O2. The maximum Gasteiger partial charge on any atom is 0.346 e. The molecule has 0 spiro atoms. The number of benzene rings is 2. The average molecular weight is 456 g/mol. The van der Waals surface area contributed by atoms with Gasteiger partial charge in [0.25, 0.3) is 0 Å². The standard InChI is InChI=1S/C23H26BrN3O2/c1-16(2)14-26-22(20-9-4-5-10-21(20)24)25-27(23(26)29)15-19(28)12-11-18-8-6-7-17(3)13-18/h4-10,13,16H,11-12,14-15H2,1-3H3. The summed E-state index contributed by atoms with van der Waals surface area (Å²) in [6.07, 6.45) is 1.05. The summed E-state index contributed by atoms with van der Waals surface area (Å²) in [7, 11) is 0. The zero-order chi connectivity index (χ0) is 21.0. The summed E-state index contributed by atoms with van der Waals surface area (Å²) in [5.41, 5.74) is 2.91. The molecule has 5 nitrogen and oxygen atoms in total. The summed E-state index contributed by atoms with van der Waals surface area (Å²) >= 11 is 3.54. The fourth-order valence-electron chi connectivity index (χ4n) is 3.31. The van der Waals surface area contributed by atoms with Gasteiger partial charge in [0.2, 0.25) is 0 Å². The molecule has 0 bridgehead atoms. The van der Waals surface area contributed by atoms with Crippen molar-refractivity contribution in [1.82, 2.24) is 14.3 Å². The van der Waals surface area contributed by atoms with E-state index in [0.717, 1.165) is 15.6 Å². The summed E-state index contributed by atoms with van der Waals surface area (Å²) in [5, 5.41) is 4.52. The number of Topliss-reactive ketones (excluding diaryl/α,β-unsaturated/α-hetero) is 1. The van der Waals surface area contributed by atoms with Crippen molar-refractivity contribution in [2.45, 2.75) is 46.7 Å². The molecule has 3 rings (SSSR count). The van der Waals surface area contributed by atoms with Crippen LogP contribution < -0.4 is 5.69 Å². The minimum absolute atomic E-state index is 0.00137. The molecular weight excluding hydrogens is 430 g/mol. The molecule has 0 fully saturated rings. The van der Waals surface area contributed by atoms with E-state index in [1.165, 1.54) is 10.2 Å². The van der Waals surface area contributed by atoms with Crippen molar-refractivity contribution in [1.29, 1.82) is 0 Å². The lowest BCUT2D eigenvalue weighted by Gasteiger charge is -2.09. The molecule has 1 aromatic heterocycles. The molecule has 3 aromatic rings.